The zero-order valence-electron chi connectivity index (χ0n) is 19.6. The minimum Gasteiger partial charge on any atom is -0.468 e. The Morgan fingerprint density at radius 1 is 0.743 bits per heavy atom. The summed E-state index contributed by atoms with van der Waals surface area (Å²) in [6.07, 6.45) is 0. The molecule has 0 radical (unpaired) electrons. The van der Waals surface area contributed by atoms with Crippen LogP contribution < -0.4 is 15.9 Å². The molecule has 7 heteroatoms. The number of rotatable bonds is 6. The number of esters is 2. The Balaban J connectivity index is 2.33. The number of hydrogen-bond acceptors (Lipinski definition) is 6. The SMILES string of the molecule is COC(=O)C1C(=P(c2ccccc2)(c2ccccc2)c2ccccc2)C(=O)OC1(C(C)=O)C(C)=O. The summed E-state index contributed by atoms with van der Waals surface area (Å²) in [6, 6.07) is 28.1. The van der Waals surface area contributed by atoms with Crippen LogP contribution in [0.25, 0.3) is 0 Å². The minimum absolute atomic E-state index is 0.0679. The van der Waals surface area contributed by atoms with Crippen molar-refractivity contribution in [3.63, 3.8) is 0 Å². The van der Waals surface area contributed by atoms with Gasteiger partial charge < -0.3 is 9.47 Å². The van der Waals surface area contributed by atoms with Gasteiger partial charge in [-0.25, -0.2) is 4.79 Å². The van der Waals surface area contributed by atoms with Gasteiger partial charge in [0.2, 0.25) is 5.60 Å². The molecule has 4 rings (SSSR count). The van der Waals surface area contributed by atoms with Crippen LogP contribution in [0, 0.1) is 5.92 Å². The molecule has 0 aliphatic carbocycles. The second kappa shape index (κ2) is 9.47. The summed E-state index contributed by atoms with van der Waals surface area (Å²) in [4.78, 5) is 53.1. The molecule has 1 fully saturated rings. The maximum atomic E-state index is 13.9. The largest absolute Gasteiger partial charge is 0.468 e. The van der Waals surface area contributed by atoms with E-state index in [2.05, 4.69) is 0 Å². The molecule has 0 saturated carbocycles. The van der Waals surface area contributed by atoms with Crippen LogP contribution in [0.15, 0.2) is 91.0 Å². The third-order valence-corrected chi connectivity index (χ3v) is 10.8. The summed E-state index contributed by atoms with van der Waals surface area (Å²) in [5.41, 5.74) is -2.29. The molecule has 6 nitrogen and oxygen atoms in total. The van der Waals surface area contributed by atoms with Crippen LogP contribution in [0.3, 0.4) is 0 Å². The number of ether oxygens (including phenoxy) is 2. The summed E-state index contributed by atoms with van der Waals surface area (Å²) >= 11 is 0. The zero-order valence-corrected chi connectivity index (χ0v) is 20.5. The molecule has 0 aromatic heterocycles. The molecule has 35 heavy (non-hydrogen) atoms. The van der Waals surface area contributed by atoms with E-state index in [1.807, 2.05) is 91.0 Å². The van der Waals surface area contributed by atoms with Crippen LogP contribution >= 0.6 is 6.89 Å². The average Bonchev–Trinajstić information content (AvgIpc) is 3.21. The van der Waals surface area contributed by atoms with Crippen LogP contribution in [0.5, 0.6) is 0 Å². The summed E-state index contributed by atoms with van der Waals surface area (Å²) in [5.74, 6) is -4.71. The molecule has 3 aromatic rings. The van der Waals surface area contributed by atoms with Gasteiger partial charge in [-0.15, -0.1) is 0 Å². The second-order valence-corrected chi connectivity index (χ2v) is 11.6. The number of Topliss-reactive ketones (excluding diaryl/α,β-unsaturated/α-hetero) is 2. The van der Waals surface area contributed by atoms with Crippen molar-refractivity contribution in [2.75, 3.05) is 7.11 Å². The molecular formula is C28H25O6P. The Morgan fingerprint density at radius 3 is 1.43 bits per heavy atom. The van der Waals surface area contributed by atoms with Gasteiger partial charge in [0.05, 0.1) is 12.4 Å². The molecule has 1 saturated heterocycles. The van der Waals surface area contributed by atoms with Gasteiger partial charge in [0.25, 0.3) is 0 Å². The lowest BCUT2D eigenvalue weighted by Crippen LogP contribution is -2.54. The minimum atomic E-state index is -3.10. The van der Waals surface area contributed by atoms with Crippen LogP contribution in [-0.2, 0) is 28.7 Å². The lowest BCUT2D eigenvalue weighted by Gasteiger charge is -2.33. The standard InChI is InChI=1S/C28H25O6P/c1-19(29)28(20(2)30)24(26(31)33-3)25(27(32)34-28)35(21-13-7-4-8-14-21,22-15-9-5-10-16-22)23-17-11-6-12-18-23/h4-18,24H,1-3H3. The van der Waals surface area contributed by atoms with Crippen molar-refractivity contribution in [1.82, 2.24) is 0 Å². The molecule has 3 aromatic carbocycles. The third-order valence-electron chi connectivity index (χ3n) is 6.42. The number of benzene rings is 3. The Hall–Kier alpha value is -3.76. The number of cyclic esters (lactones) is 1. The normalized spacial score (nSPS) is 16.9. The van der Waals surface area contributed by atoms with Crippen molar-refractivity contribution < 1.29 is 28.7 Å². The highest BCUT2D eigenvalue weighted by atomic mass is 31.2. The number of carbonyl (C=O) groups is 4. The fourth-order valence-corrected chi connectivity index (χ4v) is 9.49. The van der Waals surface area contributed by atoms with Gasteiger partial charge >= 0.3 is 11.9 Å². The van der Waals surface area contributed by atoms with Crippen LogP contribution in [-0.4, -0.2) is 41.5 Å². The predicted octanol–water partition coefficient (Wildman–Crippen LogP) is 2.42. The Morgan fingerprint density at radius 2 is 1.11 bits per heavy atom. The Bertz CT molecular complexity index is 1230. The molecule has 0 N–H and O–H groups in total. The van der Waals surface area contributed by atoms with Crippen molar-refractivity contribution in [3.05, 3.63) is 91.0 Å². The van der Waals surface area contributed by atoms with Gasteiger partial charge in [0.1, 0.15) is 5.92 Å². The van der Waals surface area contributed by atoms with E-state index < -0.39 is 41.9 Å². The smallest absolute Gasteiger partial charge is 0.337 e. The van der Waals surface area contributed by atoms with Crippen LogP contribution in [0.4, 0.5) is 0 Å². The highest BCUT2D eigenvalue weighted by molar-refractivity contribution is 7.96. The second-order valence-electron chi connectivity index (χ2n) is 8.26. The molecule has 1 aliphatic rings. The van der Waals surface area contributed by atoms with Crippen molar-refractivity contribution in [3.8, 4) is 0 Å². The van der Waals surface area contributed by atoms with Crippen LogP contribution in [0.1, 0.15) is 13.8 Å². The molecular weight excluding hydrogens is 463 g/mol. The third kappa shape index (κ3) is 3.65. The highest BCUT2D eigenvalue weighted by Gasteiger charge is 2.65. The molecule has 0 spiro atoms. The number of carbonyl (C=O) groups excluding carboxylic acids is 4. The summed E-state index contributed by atoms with van der Waals surface area (Å²) in [6.45, 7) is -0.795. The zero-order chi connectivity index (χ0) is 25.2. The monoisotopic (exact) mass is 488 g/mol. The number of methoxy groups -OCH3 is 1. The number of hydrogen-bond donors (Lipinski definition) is 0. The summed E-state index contributed by atoms with van der Waals surface area (Å²) < 4.78 is 10.7. The van der Waals surface area contributed by atoms with Gasteiger partial charge in [-0.05, 0) is 36.6 Å². The first-order chi connectivity index (χ1) is 16.8. The van der Waals surface area contributed by atoms with Gasteiger partial charge in [-0.3, -0.25) is 14.4 Å². The molecule has 1 aliphatic heterocycles. The average molecular weight is 488 g/mol. The van der Waals surface area contributed by atoms with Gasteiger partial charge in [-0.2, -0.15) is 0 Å². The first kappa shape index (κ1) is 24.4. The molecule has 1 unspecified atom stereocenters. The fraction of sp³-hybridized carbons (Fsp3) is 0.179. The van der Waals surface area contributed by atoms with Gasteiger partial charge in [-0.1, -0.05) is 91.0 Å². The van der Waals surface area contributed by atoms with Crippen molar-refractivity contribution >= 4 is 51.6 Å². The van der Waals surface area contributed by atoms with Gasteiger partial charge in [0, 0.05) is 0 Å². The van der Waals surface area contributed by atoms with E-state index in [1.54, 1.807) is 0 Å². The summed E-state index contributed by atoms with van der Waals surface area (Å²) in [7, 11) is 1.17. The Kier molecular flexibility index (Phi) is 6.60. The predicted molar refractivity (Wildman–Crippen MR) is 136 cm³/mol. The van der Waals surface area contributed by atoms with E-state index in [4.69, 9.17) is 9.47 Å². The highest BCUT2D eigenvalue weighted by Crippen LogP contribution is 2.52. The molecule has 0 amide bonds. The molecule has 0 bridgehead atoms. The lowest BCUT2D eigenvalue weighted by atomic mass is 9.81. The molecule has 1 atom stereocenters. The molecule has 178 valence electrons. The van der Waals surface area contributed by atoms with Crippen molar-refractivity contribution in [2.24, 2.45) is 5.92 Å². The van der Waals surface area contributed by atoms with Crippen LogP contribution in [0.2, 0.25) is 0 Å². The Labute approximate surface area is 203 Å². The van der Waals surface area contributed by atoms with E-state index in [1.165, 1.54) is 7.11 Å². The van der Waals surface area contributed by atoms with E-state index in [0.29, 0.717) is 0 Å². The first-order valence-electron chi connectivity index (χ1n) is 11.1. The molecule has 1 heterocycles. The van der Waals surface area contributed by atoms with Gasteiger partial charge in [0.15, 0.2) is 11.6 Å². The van der Waals surface area contributed by atoms with E-state index >= 15 is 0 Å². The maximum absolute atomic E-state index is 13.9. The van der Waals surface area contributed by atoms with E-state index in [9.17, 15) is 19.2 Å². The first-order valence-corrected chi connectivity index (χ1v) is 12.9. The van der Waals surface area contributed by atoms with E-state index in [-0.39, 0.29) is 5.29 Å². The summed E-state index contributed by atoms with van der Waals surface area (Å²) in [5, 5.41) is 2.40. The topological polar surface area (TPSA) is 86.7 Å². The van der Waals surface area contributed by atoms with E-state index in [0.717, 1.165) is 29.8 Å². The number of ketones is 2. The quantitative estimate of drug-likeness (QED) is 0.301. The van der Waals surface area contributed by atoms with Crippen molar-refractivity contribution in [1.29, 1.82) is 0 Å². The lowest BCUT2D eigenvalue weighted by molar-refractivity contribution is -0.170. The maximum Gasteiger partial charge on any atom is 0.337 e. The fourth-order valence-electron chi connectivity index (χ4n) is 4.91. The van der Waals surface area contributed by atoms with Crippen molar-refractivity contribution in [2.45, 2.75) is 19.4 Å².